The first-order valence-corrected chi connectivity index (χ1v) is 6.15. The van der Waals surface area contributed by atoms with Crippen LogP contribution in [0.2, 0.25) is 0 Å². The highest BCUT2D eigenvalue weighted by Gasteiger charge is 2.14. The minimum absolute atomic E-state index is 0.0585. The number of ether oxygens (including phenoxy) is 1. The molecule has 0 spiro atoms. The van der Waals surface area contributed by atoms with Gasteiger partial charge in [0.1, 0.15) is 11.6 Å². The smallest absolute Gasteiger partial charge is 0.354 e. The van der Waals surface area contributed by atoms with Gasteiger partial charge in [-0.25, -0.2) is 14.8 Å². The van der Waals surface area contributed by atoms with E-state index in [1.165, 1.54) is 6.07 Å². The van der Waals surface area contributed by atoms with Gasteiger partial charge in [-0.3, -0.25) is 0 Å². The maximum Gasteiger partial charge on any atom is 0.354 e. The molecule has 104 valence electrons. The first-order chi connectivity index (χ1) is 9.65. The van der Waals surface area contributed by atoms with Crippen molar-refractivity contribution >= 4 is 11.8 Å². The van der Waals surface area contributed by atoms with Crippen molar-refractivity contribution in [3.05, 3.63) is 36.0 Å². The van der Waals surface area contributed by atoms with Crippen molar-refractivity contribution < 1.29 is 14.6 Å². The first-order valence-electron chi connectivity index (χ1n) is 6.15. The minimum atomic E-state index is -1.09. The third-order valence-corrected chi connectivity index (χ3v) is 2.65. The fourth-order valence-corrected chi connectivity index (χ4v) is 1.78. The number of carboxylic acid groups (broad SMARTS) is 1. The summed E-state index contributed by atoms with van der Waals surface area (Å²) in [5.41, 5.74) is 0.592. The number of methoxy groups -OCH3 is 1. The molecule has 6 heteroatoms. The Morgan fingerprint density at radius 1 is 1.35 bits per heavy atom. The SMILES string of the molecule is CCNc1cc(C(=O)O)nc(-c2ccccc2OC)n1. The lowest BCUT2D eigenvalue weighted by Crippen LogP contribution is -2.08. The number of anilines is 1. The van der Waals surface area contributed by atoms with Crippen molar-refractivity contribution in [1.82, 2.24) is 9.97 Å². The molecular formula is C14H15N3O3. The summed E-state index contributed by atoms with van der Waals surface area (Å²) >= 11 is 0. The Bertz CT molecular complexity index is 629. The van der Waals surface area contributed by atoms with Gasteiger partial charge in [0.05, 0.1) is 12.7 Å². The summed E-state index contributed by atoms with van der Waals surface area (Å²) in [5, 5.41) is 12.1. The van der Waals surface area contributed by atoms with E-state index in [1.807, 2.05) is 19.1 Å². The summed E-state index contributed by atoms with van der Waals surface area (Å²) in [6.07, 6.45) is 0. The van der Waals surface area contributed by atoms with E-state index in [4.69, 9.17) is 9.84 Å². The Balaban J connectivity index is 2.57. The number of hydrogen-bond donors (Lipinski definition) is 2. The zero-order valence-corrected chi connectivity index (χ0v) is 11.3. The molecule has 2 aromatic rings. The van der Waals surface area contributed by atoms with E-state index in [9.17, 15) is 4.79 Å². The molecule has 1 aromatic heterocycles. The number of nitrogens with zero attached hydrogens (tertiary/aromatic N) is 2. The van der Waals surface area contributed by atoms with Crippen molar-refractivity contribution in [2.75, 3.05) is 19.0 Å². The Morgan fingerprint density at radius 2 is 2.10 bits per heavy atom. The summed E-state index contributed by atoms with van der Waals surface area (Å²) in [6, 6.07) is 8.62. The minimum Gasteiger partial charge on any atom is -0.496 e. The van der Waals surface area contributed by atoms with Crippen molar-refractivity contribution in [2.24, 2.45) is 0 Å². The van der Waals surface area contributed by atoms with Crippen molar-refractivity contribution in [3.63, 3.8) is 0 Å². The van der Waals surface area contributed by atoms with Crippen LogP contribution in [0.1, 0.15) is 17.4 Å². The molecule has 0 aliphatic rings. The second-order valence-corrected chi connectivity index (χ2v) is 4.00. The van der Waals surface area contributed by atoms with Gasteiger partial charge in [0.2, 0.25) is 0 Å². The average Bonchev–Trinajstić information content (AvgIpc) is 2.47. The predicted molar refractivity (Wildman–Crippen MR) is 75.1 cm³/mol. The number of benzene rings is 1. The molecule has 0 saturated heterocycles. The second-order valence-electron chi connectivity index (χ2n) is 4.00. The van der Waals surface area contributed by atoms with Gasteiger partial charge in [0.15, 0.2) is 11.5 Å². The van der Waals surface area contributed by atoms with Gasteiger partial charge in [0.25, 0.3) is 0 Å². The van der Waals surface area contributed by atoms with E-state index in [0.29, 0.717) is 29.5 Å². The van der Waals surface area contributed by atoms with Crippen LogP contribution in [-0.2, 0) is 0 Å². The predicted octanol–water partition coefficient (Wildman–Crippen LogP) is 2.28. The van der Waals surface area contributed by atoms with Crippen LogP contribution in [0, 0.1) is 0 Å². The van der Waals surface area contributed by atoms with Crippen LogP contribution >= 0.6 is 0 Å². The Morgan fingerprint density at radius 3 is 2.75 bits per heavy atom. The fraction of sp³-hybridized carbons (Fsp3) is 0.214. The van der Waals surface area contributed by atoms with E-state index >= 15 is 0 Å². The first kappa shape index (κ1) is 13.8. The number of nitrogens with one attached hydrogen (secondary N) is 1. The normalized spacial score (nSPS) is 10.1. The van der Waals surface area contributed by atoms with E-state index in [2.05, 4.69) is 15.3 Å². The summed E-state index contributed by atoms with van der Waals surface area (Å²) in [4.78, 5) is 19.5. The number of aromatic nitrogens is 2. The molecule has 0 fully saturated rings. The van der Waals surface area contributed by atoms with Gasteiger partial charge in [-0.2, -0.15) is 0 Å². The van der Waals surface area contributed by atoms with Crippen LogP contribution in [0.3, 0.4) is 0 Å². The number of rotatable bonds is 5. The molecule has 0 saturated carbocycles. The fourth-order valence-electron chi connectivity index (χ4n) is 1.78. The molecule has 2 rings (SSSR count). The van der Waals surface area contributed by atoms with Crippen LogP contribution in [0.4, 0.5) is 5.82 Å². The van der Waals surface area contributed by atoms with Gasteiger partial charge in [-0.15, -0.1) is 0 Å². The Labute approximate surface area is 116 Å². The molecule has 6 nitrogen and oxygen atoms in total. The van der Waals surface area contributed by atoms with E-state index in [-0.39, 0.29) is 5.69 Å². The average molecular weight is 273 g/mol. The maximum atomic E-state index is 11.1. The van der Waals surface area contributed by atoms with Crippen LogP contribution in [-0.4, -0.2) is 34.7 Å². The van der Waals surface area contributed by atoms with Crippen LogP contribution in [0.15, 0.2) is 30.3 Å². The monoisotopic (exact) mass is 273 g/mol. The third kappa shape index (κ3) is 2.85. The Kier molecular flexibility index (Phi) is 4.14. The molecule has 0 aliphatic carbocycles. The summed E-state index contributed by atoms with van der Waals surface area (Å²) in [7, 11) is 1.55. The second kappa shape index (κ2) is 6.01. The summed E-state index contributed by atoms with van der Waals surface area (Å²) in [6.45, 7) is 2.55. The van der Waals surface area contributed by atoms with Crippen LogP contribution in [0.25, 0.3) is 11.4 Å². The lowest BCUT2D eigenvalue weighted by Gasteiger charge is -2.10. The van der Waals surface area contributed by atoms with Gasteiger partial charge >= 0.3 is 5.97 Å². The molecule has 0 amide bonds. The van der Waals surface area contributed by atoms with Gasteiger partial charge in [0, 0.05) is 12.6 Å². The zero-order valence-electron chi connectivity index (χ0n) is 11.3. The van der Waals surface area contributed by atoms with Crippen molar-refractivity contribution in [2.45, 2.75) is 6.92 Å². The number of carbonyl (C=O) groups is 1. The quantitative estimate of drug-likeness (QED) is 0.869. The molecule has 2 N–H and O–H groups in total. The van der Waals surface area contributed by atoms with Crippen molar-refractivity contribution in [1.29, 1.82) is 0 Å². The molecule has 0 atom stereocenters. The van der Waals surface area contributed by atoms with Gasteiger partial charge < -0.3 is 15.2 Å². The van der Waals surface area contributed by atoms with Crippen LogP contribution in [0.5, 0.6) is 5.75 Å². The third-order valence-electron chi connectivity index (χ3n) is 2.65. The molecule has 0 unspecified atom stereocenters. The molecule has 0 radical (unpaired) electrons. The Hall–Kier alpha value is -2.63. The molecule has 1 aromatic carbocycles. The molecule has 0 bridgehead atoms. The lowest BCUT2D eigenvalue weighted by atomic mass is 10.2. The molecular weight excluding hydrogens is 258 g/mol. The topological polar surface area (TPSA) is 84.3 Å². The van der Waals surface area contributed by atoms with E-state index < -0.39 is 5.97 Å². The van der Waals surface area contributed by atoms with E-state index in [0.717, 1.165) is 0 Å². The molecule has 1 heterocycles. The number of carboxylic acids is 1. The largest absolute Gasteiger partial charge is 0.496 e. The van der Waals surface area contributed by atoms with Gasteiger partial charge in [-0.05, 0) is 19.1 Å². The lowest BCUT2D eigenvalue weighted by molar-refractivity contribution is 0.0690. The molecule has 0 aliphatic heterocycles. The van der Waals surface area contributed by atoms with Crippen LogP contribution < -0.4 is 10.1 Å². The molecule has 20 heavy (non-hydrogen) atoms. The number of para-hydroxylation sites is 1. The zero-order chi connectivity index (χ0) is 14.5. The van der Waals surface area contributed by atoms with Gasteiger partial charge in [-0.1, -0.05) is 12.1 Å². The highest BCUT2D eigenvalue weighted by atomic mass is 16.5. The number of hydrogen-bond acceptors (Lipinski definition) is 5. The van der Waals surface area contributed by atoms with Crippen molar-refractivity contribution in [3.8, 4) is 17.1 Å². The summed E-state index contributed by atoms with van der Waals surface area (Å²) < 4.78 is 5.25. The maximum absolute atomic E-state index is 11.1. The summed E-state index contributed by atoms with van der Waals surface area (Å²) in [5.74, 6) is 0.291. The highest BCUT2D eigenvalue weighted by Crippen LogP contribution is 2.27. The van der Waals surface area contributed by atoms with E-state index in [1.54, 1.807) is 19.2 Å². The highest BCUT2D eigenvalue weighted by molar-refractivity contribution is 5.87. The number of aromatic carboxylic acids is 1. The standard InChI is InChI=1S/C14H15N3O3/c1-3-15-12-8-10(14(18)19)16-13(17-12)9-6-4-5-7-11(9)20-2/h4-8H,3H2,1-2H3,(H,18,19)(H,15,16,17).